The van der Waals surface area contributed by atoms with Crippen molar-refractivity contribution in [1.82, 2.24) is 0 Å². The fourth-order valence-electron chi connectivity index (χ4n) is 9.98. The second-order valence-electron chi connectivity index (χ2n) is 15.6. The Balaban J connectivity index is 1.15. The molecular formula is C57H37NO. The molecule has 0 radical (unpaired) electrons. The van der Waals surface area contributed by atoms with Crippen molar-refractivity contribution in [1.29, 1.82) is 0 Å². The molecule has 2 heteroatoms. The number of rotatable bonds is 6. The monoisotopic (exact) mass is 751 g/mol. The summed E-state index contributed by atoms with van der Waals surface area (Å²) in [5.74, 6) is 0. The Hall–Kier alpha value is -7.68. The Morgan fingerprint density at radius 1 is 0.356 bits per heavy atom. The van der Waals surface area contributed by atoms with Gasteiger partial charge in [-0.05, 0) is 91.7 Å². The van der Waals surface area contributed by atoms with Crippen LogP contribution in [0.3, 0.4) is 0 Å². The lowest BCUT2D eigenvalue weighted by Crippen LogP contribution is -2.28. The molecule has 0 amide bonds. The van der Waals surface area contributed by atoms with Crippen LogP contribution >= 0.6 is 0 Å². The van der Waals surface area contributed by atoms with Crippen molar-refractivity contribution in [3.63, 3.8) is 0 Å². The van der Waals surface area contributed by atoms with Gasteiger partial charge in [-0.1, -0.05) is 188 Å². The average molecular weight is 752 g/mol. The van der Waals surface area contributed by atoms with Crippen LogP contribution in [0.25, 0.3) is 65.7 Å². The highest BCUT2D eigenvalue weighted by Gasteiger charge is 2.46. The third kappa shape index (κ3) is 5.00. The molecule has 1 heterocycles. The number of anilines is 3. The summed E-state index contributed by atoms with van der Waals surface area (Å²) in [5, 5.41) is 6.91. The standard InChI is InChI=1S/C57H37NO/c1-3-18-40(19-4-1)57(41-20-5-2-6-21-41)52-28-13-11-23-46(52)47-35-34-43(36-53(47)57)58(42-32-30-39(31-33-42)45-27-15-17-38-16-7-8-22-44(38)45)54-37-51-49-25-12-14-29-55(49)59-56(51)50-26-10-9-24-48(50)54/h1-37H. The van der Waals surface area contributed by atoms with Crippen LogP contribution in [0.5, 0.6) is 0 Å². The Kier molecular flexibility index (Phi) is 7.48. The molecule has 2 nitrogen and oxygen atoms in total. The third-order valence-electron chi connectivity index (χ3n) is 12.5. The van der Waals surface area contributed by atoms with Crippen LogP contribution in [0, 0.1) is 0 Å². The van der Waals surface area contributed by atoms with E-state index in [-0.39, 0.29) is 0 Å². The molecule has 1 aliphatic carbocycles. The lowest BCUT2D eigenvalue weighted by molar-refractivity contribution is 0.672. The maximum atomic E-state index is 6.61. The summed E-state index contributed by atoms with van der Waals surface area (Å²) in [6.45, 7) is 0. The van der Waals surface area contributed by atoms with Crippen LogP contribution in [0.15, 0.2) is 229 Å². The molecule has 11 aromatic rings. The zero-order chi connectivity index (χ0) is 38.9. The Bertz CT molecular complexity index is 3340. The van der Waals surface area contributed by atoms with Crippen LogP contribution in [0.4, 0.5) is 17.1 Å². The number of nitrogens with zero attached hydrogens (tertiary/aromatic N) is 1. The summed E-state index contributed by atoms with van der Waals surface area (Å²) in [4.78, 5) is 2.46. The molecule has 10 aromatic carbocycles. The van der Waals surface area contributed by atoms with E-state index in [1.165, 1.54) is 55.3 Å². The summed E-state index contributed by atoms with van der Waals surface area (Å²) in [6, 6.07) is 81.9. The Morgan fingerprint density at radius 2 is 0.932 bits per heavy atom. The van der Waals surface area contributed by atoms with Gasteiger partial charge in [0.05, 0.1) is 11.1 Å². The maximum Gasteiger partial charge on any atom is 0.143 e. The maximum absolute atomic E-state index is 6.61. The average Bonchev–Trinajstić information content (AvgIpc) is 3.84. The van der Waals surface area contributed by atoms with E-state index in [9.17, 15) is 0 Å². The Morgan fingerprint density at radius 3 is 1.71 bits per heavy atom. The van der Waals surface area contributed by atoms with Crippen molar-refractivity contribution in [2.45, 2.75) is 5.41 Å². The molecule has 0 atom stereocenters. The van der Waals surface area contributed by atoms with Gasteiger partial charge in [-0.15, -0.1) is 0 Å². The Labute approximate surface area is 342 Å². The highest BCUT2D eigenvalue weighted by Crippen LogP contribution is 2.57. The van der Waals surface area contributed by atoms with E-state index < -0.39 is 5.41 Å². The van der Waals surface area contributed by atoms with Crippen LogP contribution in [-0.2, 0) is 5.41 Å². The first-order valence-electron chi connectivity index (χ1n) is 20.3. The van der Waals surface area contributed by atoms with E-state index >= 15 is 0 Å². The predicted molar refractivity (Wildman–Crippen MR) is 246 cm³/mol. The van der Waals surface area contributed by atoms with Gasteiger partial charge in [-0.25, -0.2) is 0 Å². The van der Waals surface area contributed by atoms with E-state index in [2.05, 4.69) is 223 Å². The first-order valence-corrected chi connectivity index (χ1v) is 20.3. The first-order chi connectivity index (χ1) is 29.3. The second kappa shape index (κ2) is 13.2. The SMILES string of the molecule is c1ccc(C2(c3ccccc3)c3ccccc3-c3ccc(N(c4ccc(-c5cccc6ccccc56)cc4)c4cc5c6ccccc6oc5c5ccccc45)cc32)cc1. The topological polar surface area (TPSA) is 16.4 Å². The summed E-state index contributed by atoms with van der Waals surface area (Å²) < 4.78 is 6.61. The largest absolute Gasteiger partial charge is 0.455 e. The fraction of sp³-hybridized carbons (Fsp3) is 0.0175. The molecule has 0 fully saturated rings. The summed E-state index contributed by atoms with van der Waals surface area (Å²) in [7, 11) is 0. The van der Waals surface area contributed by atoms with Crippen molar-refractivity contribution in [3.05, 3.63) is 247 Å². The highest BCUT2D eigenvalue weighted by molar-refractivity contribution is 6.19. The quantitative estimate of drug-likeness (QED) is 0.168. The van der Waals surface area contributed by atoms with Gasteiger partial charge in [0.25, 0.3) is 0 Å². The summed E-state index contributed by atoms with van der Waals surface area (Å²) >= 11 is 0. The minimum atomic E-state index is -0.527. The minimum absolute atomic E-state index is 0.527. The molecular weight excluding hydrogens is 715 g/mol. The lowest BCUT2D eigenvalue weighted by atomic mass is 9.67. The number of fused-ring (bicyclic) bond motifs is 9. The van der Waals surface area contributed by atoms with Crippen LogP contribution in [0.2, 0.25) is 0 Å². The fourth-order valence-corrected chi connectivity index (χ4v) is 9.98. The molecule has 0 aliphatic heterocycles. The normalized spacial score (nSPS) is 12.9. The van der Waals surface area contributed by atoms with Gasteiger partial charge in [-0.2, -0.15) is 0 Å². The number of hydrogen-bond acceptors (Lipinski definition) is 2. The van der Waals surface area contributed by atoms with E-state index in [0.29, 0.717) is 0 Å². The molecule has 12 rings (SSSR count). The number of furan rings is 1. The minimum Gasteiger partial charge on any atom is -0.455 e. The van der Waals surface area contributed by atoms with E-state index in [1.54, 1.807) is 0 Å². The summed E-state index contributed by atoms with van der Waals surface area (Å²) in [6.07, 6.45) is 0. The highest BCUT2D eigenvalue weighted by atomic mass is 16.3. The molecule has 0 bridgehead atoms. The predicted octanol–water partition coefficient (Wildman–Crippen LogP) is 15.4. The molecule has 0 N–H and O–H groups in total. The van der Waals surface area contributed by atoms with E-state index in [1.807, 2.05) is 6.07 Å². The third-order valence-corrected chi connectivity index (χ3v) is 12.5. The molecule has 0 saturated heterocycles. The molecule has 59 heavy (non-hydrogen) atoms. The zero-order valence-corrected chi connectivity index (χ0v) is 32.2. The van der Waals surface area contributed by atoms with E-state index in [4.69, 9.17) is 4.42 Å². The lowest BCUT2D eigenvalue weighted by Gasteiger charge is -2.35. The van der Waals surface area contributed by atoms with Crippen LogP contribution in [0.1, 0.15) is 22.3 Å². The van der Waals surface area contributed by atoms with Crippen LogP contribution < -0.4 is 4.90 Å². The number of hydrogen-bond donors (Lipinski definition) is 0. The summed E-state index contributed by atoms with van der Waals surface area (Å²) in [5.41, 5.74) is 14.5. The van der Waals surface area contributed by atoms with Crippen molar-refractivity contribution in [2.75, 3.05) is 4.90 Å². The van der Waals surface area contributed by atoms with Crippen molar-refractivity contribution in [3.8, 4) is 22.3 Å². The second-order valence-corrected chi connectivity index (χ2v) is 15.6. The molecule has 1 aromatic heterocycles. The molecule has 1 aliphatic rings. The molecule has 0 unspecified atom stereocenters. The van der Waals surface area contributed by atoms with Gasteiger partial charge in [0, 0.05) is 32.9 Å². The zero-order valence-electron chi connectivity index (χ0n) is 32.2. The smallest absolute Gasteiger partial charge is 0.143 e. The van der Waals surface area contributed by atoms with Gasteiger partial charge < -0.3 is 9.32 Å². The van der Waals surface area contributed by atoms with Crippen molar-refractivity contribution in [2.24, 2.45) is 0 Å². The molecule has 0 saturated carbocycles. The van der Waals surface area contributed by atoms with Crippen LogP contribution in [-0.4, -0.2) is 0 Å². The molecule has 0 spiro atoms. The number of para-hydroxylation sites is 1. The van der Waals surface area contributed by atoms with Gasteiger partial charge in [0.15, 0.2) is 0 Å². The van der Waals surface area contributed by atoms with Crippen molar-refractivity contribution < 1.29 is 4.42 Å². The number of benzene rings is 10. The van der Waals surface area contributed by atoms with Gasteiger partial charge in [0.2, 0.25) is 0 Å². The van der Waals surface area contributed by atoms with Gasteiger partial charge in [-0.3, -0.25) is 0 Å². The van der Waals surface area contributed by atoms with Gasteiger partial charge >= 0.3 is 0 Å². The first kappa shape index (κ1) is 33.5. The van der Waals surface area contributed by atoms with Crippen molar-refractivity contribution >= 4 is 60.5 Å². The molecule has 276 valence electrons. The van der Waals surface area contributed by atoms with Gasteiger partial charge in [0.1, 0.15) is 11.2 Å². The van der Waals surface area contributed by atoms with E-state index in [0.717, 1.165) is 49.8 Å².